The number of hydrogen-bond donors (Lipinski definition) is 3. The second-order valence-corrected chi connectivity index (χ2v) is 5.83. The Morgan fingerprint density at radius 2 is 1.85 bits per heavy atom. The maximum absolute atomic E-state index is 13.2. The first-order valence-electron chi connectivity index (χ1n) is 7.54. The Morgan fingerprint density at radius 1 is 1.15 bits per heavy atom. The van der Waals surface area contributed by atoms with Crippen molar-refractivity contribution >= 4 is 11.8 Å². The zero-order valence-electron chi connectivity index (χ0n) is 14.0. The van der Waals surface area contributed by atoms with Gasteiger partial charge in [-0.1, -0.05) is 17.7 Å². The van der Waals surface area contributed by atoms with Crippen molar-refractivity contribution in [1.82, 2.24) is 10.9 Å². The van der Waals surface area contributed by atoms with Crippen molar-refractivity contribution in [3.8, 4) is 0 Å². The highest BCUT2D eigenvalue weighted by atomic mass is 19.4. The lowest BCUT2D eigenvalue weighted by Gasteiger charge is -2.27. The third-order valence-corrected chi connectivity index (χ3v) is 3.76. The lowest BCUT2D eigenvalue weighted by Crippen LogP contribution is -2.49. The van der Waals surface area contributed by atoms with Crippen molar-refractivity contribution in [3.63, 3.8) is 0 Å². The van der Waals surface area contributed by atoms with Crippen LogP contribution in [0.3, 0.4) is 0 Å². The zero-order chi connectivity index (χ0) is 19.5. The second-order valence-electron chi connectivity index (χ2n) is 5.83. The molecule has 2 rings (SSSR count). The fourth-order valence-corrected chi connectivity index (χ4v) is 2.38. The van der Waals surface area contributed by atoms with E-state index in [9.17, 15) is 27.9 Å². The van der Waals surface area contributed by atoms with Gasteiger partial charge >= 0.3 is 6.18 Å². The molecule has 0 aliphatic carbocycles. The number of benzene rings is 1. The van der Waals surface area contributed by atoms with Crippen LogP contribution in [0.25, 0.3) is 0 Å². The van der Waals surface area contributed by atoms with E-state index in [0.29, 0.717) is 5.56 Å². The molecule has 2 amide bonds. The minimum atomic E-state index is -5.15. The highest BCUT2D eigenvalue weighted by molar-refractivity contribution is 5.96. The number of amides is 2. The summed E-state index contributed by atoms with van der Waals surface area (Å²) in [5.41, 5.74) is 2.22. The molecule has 1 aromatic carbocycles. The Kier molecular flexibility index (Phi) is 5.41. The fourth-order valence-electron chi connectivity index (χ4n) is 2.38. The molecule has 140 valence electrons. The van der Waals surface area contributed by atoms with E-state index in [2.05, 4.69) is 4.42 Å². The molecule has 0 saturated heterocycles. The summed E-state index contributed by atoms with van der Waals surface area (Å²) in [5, 5.41) is 9.94. The molecule has 0 aliphatic heterocycles. The first kappa shape index (κ1) is 19.5. The highest BCUT2D eigenvalue weighted by Gasteiger charge is 2.58. The number of nitrogens with one attached hydrogen (secondary N) is 2. The van der Waals surface area contributed by atoms with Crippen molar-refractivity contribution in [2.75, 3.05) is 0 Å². The molecule has 0 fully saturated rings. The highest BCUT2D eigenvalue weighted by Crippen LogP contribution is 2.41. The van der Waals surface area contributed by atoms with Crippen molar-refractivity contribution in [2.45, 2.75) is 32.0 Å². The maximum Gasteiger partial charge on any atom is 0.425 e. The first-order chi connectivity index (χ1) is 12.0. The summed E-state index contributed by atoms with van der Waals surface area (Å²) in [6.45, 7) is 3.52. The molecule has 0 aliphatic rings. The molecule has 1 aromatic heterocycles. The van der Waals surface area contributed by atoms with Crippen LogP contribution in [-0.4, -0.2) is 23.1 Å². The zero-order valence-corrected chi connectivity index (χ0v) is 14.0. The number of aliphatic hydroxyl groups is 1. The van der Waals surface area contributed by atoms with Gasteiger partial charge in [-0.05, 0) is 37.6 Å². The summed E-state index contributed by atoms with van der Waals surface area (Å²) in [4.78, 5) is 23.9. The molecule has 1 heterocycles. The number of halogens is 3. The standard InChI is InChI=1S/C17H17F3N2O4/c1-10-5-6-12(11(2)8-10)15(24)22-21-14(23)9-16(25,17(18,19)20)13-4-3-7-26-13/h3-8,25H,9H2,1-2H3,(H,21,23)(H,22,24). The molecule has 9 heteroatoms. The summed E-state index contributed by atoms with van der Waals surface area (Å²) < 4.78 is 44.2. The summed E-state index contributed by atoms with van der Waals surface area (Å²) in [6, 6.07) is 7.03. The quantitative estimate of drug-likeness (QED) is 0.721. The van der Waals surface area contributed by atoms with Crippen LogP contribution in [0.4, 0.5) is 13.2 Å². The van der Waals surface area contributed by atoms with E-state index in [1.807, 2.05) is 17.8 Å². The van der Waals surface area contributed by atoms with Crippen molar-refractivity contribution in [3.05, 3.63) is 59.0 Å². The minimum absolute atomic E-state index is 0.257. The third kappa shape index (κ3) is 4.05. The Morgan fingerprint density at radius 3 is 2.38 bits per heavy atom. The van der Waals surface area contributed by atoms with E-state index in [1.54, 1.807) is 19.1 Å². The molecular weight excluding hydrogens is 353 g/mol. The van der Waals surface area contributed by atoms with Gasteiger partial charge in [0.25, 0.3) is 5.91 Å². The molecule has 6 nitrogen and oxygen atoms in total. The predicted molar refractivity (Wildman–Crippen MR) is 84.8 cm³/mol. The molecule has 1 unspecified atom stereocenters. The van der Waals surface area contributed by atoms with Gasteiger partial charge < -0.3 is 9.52 Å². The monoisotopic (exact) mass is 370 g/mol. The number of alkyl halides is 3. The van der Waals surface area contributed by atoms with Crippen LogP contribution >= 0.6 is 0 Å². The predicted octanol–water partition coefficient (Wildman–Crippen LogP) is 2.50. The van der Waals surface area contributed by atoms with Crippen LogP contribution in [0, 0.1) is 13.8 Å². The van der Waals surface area contributed by atoms with Crippen LogP contribution in [-0.2, 0) is 10.4 Å². The van der Waals surface area contributed by atoms with Crippen LogP contribution in [0.2, 0.25) is 0 Å². The van der Waals surface area contributed by atoms with Gasteiger partial charge in [-0.15, -0.1) is 0 Å². The average molecular weight is 370 g/mol. The Balaban J connectivity index is 2.06. The Bertz CT molecular complexity index is 803. The van der Waals surface area contributed by atoms with Gasteiger partial charge in [0, 0.05) is 5.56 Å². The molecule has 0 spiro atoms. The van der Waals surface area contributed by atoms with E-state index >= 15 is 0 Å². The number of carbonyl (C=O) groups is 2. The normalized spacial score (nSPS) is 13.8. The third-order valence-electron chi connectivity index (χ3n) is 3.76. The number of aryl methyl sites for hydroxylation is 2. The van der Waals surface area contributed by atoms with E-state index in [0.717, 1.165) is 24.0 Å². The maximum atomic E-state index is 13.2. The van der Waals surface area contributed by atoms with Gasteiger partial charge in [0.15, 0.2) is 0 Å². The summed E-state index contributed by atoms with van der Waals surface area (Å²) in [5.74, 6) is -2.75. The van der Waals surface area contributed by atoms with Gasteiger partial charge in [0.05, 0.1) is 12.7 Å². The number of rotatable bonds is 4. The molecule has 1 atom stereocenters. The SMILES string of the molecule is Cc1ccc(C(=O)NNC(=O)CC(O)(c2ccco2)C(F)(F)F)c(C)c1. The molecule has 0 saturated carbocycles. The second kappa shape index (κ2) is 7.20. The van der Waals surface area contributed by atoms with Gasteiger partial charge in [-0.2, -0.15) is 13.2 Å². The first-order valence-corrected chi connectivity index (χ1v) is 7.54. The molecule has 0 bridgehead atoms. The number of carbonyl (C=O) groups excluding carboxylic acids is 2. The average Bonchev–Trinajstić information content (AvgIpc) is 3.06. The van der Waals surface area contributed by atoms with Gasteiger partial charge in [-0.3, -0.25) is 20.4 Å². The number of furan rings is 1. The van der Waals surface area contributed by atoms with Gasteiger partial charge in [0.1, 0.15) is 5.76 Å². The lowest BCUT2D eigenvalue weighted by atomic mass is 9.95. The molecule has 26 heavy (non-hydrogen) atoms. The molecule has 3 N–H and O–H groups in total. The van der Waals surface area contributed by atoms with Gasteiger partial charge in [0.2, 0.25) is 11.5 Å². The minimum Gasteiger partial charge on any atom is -0.466 e. The smallest absolute Gasteiger partial charge is 0.425 e. The van der Waals surface area contributed by atoms with Crippen LogP contribution < -0.4 is 10.9 Å². The van der Waals surface area contributed by atoms with Gasteiger partial charge in [-0.25, -0.2) is 0 Å². The molecule has 2 aromatic rings. The van der Waals surface area contributed by atoms with Crippen LogP contribution in [0.15, 0.2) is 41.0 Å². The van der Waals surface area contributed by atoms with Crippen molar-refractivity contribution < 1.29 is 32.3 Å². The van der Waals surface area contributed by atoms with Crippen molar-refractivity contribution in [1.29, 1.82) is 0 Å². The summed E-state index contributed by atoms with van der Waals surface area (Å²) >= 11 is 0. The Hall–Kier alpha value is -2.81. The fraction of sp³-hybridized carbons (Fsp3) is 0.294. The van der Waals surface area contributed by atoms with E-state index in [-0.39, 0.29) is 5.56 Å². The van der Waals surface area contributed by atoms with E-state index in [4.69, 9.17) is 0 Å². The van der Waals surface area contributed by atoms with Crippen molar-refractivity contribution in [2.24, 2.45) is 0 Å². The summed E-state index contributed by atoms with van der Waals surface area (Å²) in [6.07, 6.45) is -5.58. The molecular formula is C17H17F3N2O4. The van der Waals surface area contributed by atoms with Crippen LogP contribution in [0.5, 0.6) is 0 Å². The molecule has 0 radical (unpaired) electrons. The van der Waals surface area contributed by atoms with E-state index in [1.165, 1.54) is 6.07 Å². The lowest BCUT2D eigenvalue weighted by molar-refractivity contribution is -0.273. The van der Waals surface area contributed by atoms with E-state index < -0.39 is 35.8 Å². The largest absolute Gasteiger partial charge is 0.466 e. The number of hydrazine groups is 1. The Labute approximate surface area is 147 Å². The number of hydrogen-bond acceptors (Lipinski definition) is 4. The summed E-state index contributed by atoms with van der Waals surface area (Å²) in [7, 11) is 0. The topological polar surface area (TPSA) is 91.6 Å². The van der Waals surface area contributed by atoms with Crippen LogP contribution in [0.1, 0.15) is 33.7 Å².